The molecule has 24 heavy (non-hydrogen) atoms. The van der Waals surface area contributed by atoms with Gasteiger partial charge in [0, 0.05) is 32.7 Å². The predicted octanol–water partition coefficient (Wildman–Crippen LogP) is 3.16. The average Bonchev–Trinajstić information content (AvgIpc) is 2.62. The number of carbonyl (C=O) groups is 1. The highest BCUT2D eigenvalue weighted by atomic mass is 35.5. The topological polar surface area (TPSA) is 35.6 Å². The molecule has 1 amide bonds. The molecule has 5 heteroatoms. The normalized spacial score (nSPS) is 20.1. The number of amides is 1. The van der Waals surface area contributed by atoms with E-state index in [2.05, 4.69) is 21.2 Å². The van der Waals surface area contributed by atoms with Gasteiger partial charge >= 0.3 is 0 Å². The minimum Gasteiger partial charge on any atom is -0.368 e. The number of hydrogen-bond donors (Lipinski definition) is 1. The number of carbonyl (C=O) groups excluding carboxylic acids is 1. The van der Waals surface area contributed by atoms with Gasteiger partial charge in [-0.05, 0) is 30.9 Å². The lowest BCUT2D eigenvalue weighted by atomic mass is 9.89. The molecule has 1 aliphatic carbocycles. The summed E-state index contributed by atoms with van der Waals surface area (Å²) in [5.74, 6) is 0.867. The second-order valence-electron chi connectivity index (χ2n) is 7.02. The van der Waals surface area contributed by atoms with E-state index in [1.54, 1.807) is 0 Å². The largest absolute Gasteiger partial charge is 0.368 e. The van der Waals surface area contributed by atoms with Gasteiger partial charge in [0.1, 0.15) is 0 Å². The first-order valence-electron chi connectivity index (χ1n) is 9.21. The van der Waals surface area contributed by atoms with E-state index < -0.39 is 0 Å². The van der Waals surface area contributed by atoms with E-state index >= 15 is 0 Å². The number of para-hydroxylation sites is 1. The summed E-state index contributed by atoms with van der Waals surface area (Å²) in [5.41, 5.74) is 1.10. The van der Waals surface area contributed by atoms with Crippen LogP contribution in [-0.4, -0.2) is 50.1 Å². The van der Waals surface area contributed by atoms with Gasteiger partial charge in [-0.1, -0.05) is 43.0 Å². The van der Waals surface area contributed by atoms with E-state index in [-0.39, 0.29) is 5.91 Å². The van der Waals surface area contributed by atoms with Gasteiger partial charge in [-0.25, -0.2) is 0 Å². The van der Waals surface area contributed by atoms with E-state index in [0.29, 0.717) is 12.5 Å². The lowest BCUT2D eigenvalue weighted by Gasteiger charge is -2.36. The van der Waals surface area contributed by atoms with E-state index in [4.69, 9.17) is 11.6 Å². The molecule has 1 N–H and O–H groups in total. The Morgan fingerprint density at radius 3 is 2.50 bits per heavy atom. The predicted molar refractivity (Wildman–Crippen MR) is 99.7 cm³/mol. The maximum Gasteiger partial charge on any atom is 0.234 e. The van der Waals surface area contributed by atoms with Crippen LogP contribution in [0, 0.1) is 5.92 Å². The van der Waals surface area contributed by atoms with Crippen molar-refractivity contribution in [2.24, 2.45) is 5.92 Å². The van der Waals surface area contributed by atoms with Crippen LogP contribution in [0.4, 0.5) is 5.69 Å². The van der Waals surface area contributed by atoms with Crippen molar-refractivity contribution in [2.45, 2.75) is 32.1 Å². The number of hydrogen-bond acceptors (Lipinski definition) is 3. The first-order chi connectivity index (χ1) is 11.7. The smallest absolute Gasteiger partial charge is 0.234 e. The average molecular weight is 350 g/mol. The first-order valence-corrected chi connectivity index (χ1v) is 9.59. The first kappa shape index (κ1) is 17.6. The molecule has 0 radical (unpaired) electrons. The minimum atomic E-state index is 0.173. The summed E-state index contributed by atoms with van der Waals surface area (Å²) in [6.45, 7) is 5.02. The SMILES string of the molecule is O=C(CN1CCN(c2ccccc2Cl)CC1)NCC1CCCCC1. The highest BCUT2D eigenvalue weighted by molar-refractivity contribution is 6.33. The molecule has 132 valence electrons. The molecule has 1 saturated heterocycles. The van der Waals surface area contributed by atoms with Crippen molar-refractivity contribution in [2.75, 3.05) is 44.2 Å². The molecule has 1 aromatic carbocycles. The summed E-state index contributed by atoms with van der Waals surface area (Å²) in [6.07, 6.45) is 6.56. The Bertz CT molecular complexity index is 537. The van der Waals surface area contributed by atoms with Gasteiger partial charge in [0.15, 0.2) is 0 Å². The third-order valence-electron chi connectivity index (χ3n) is 5.25. The molecule has 1 aliphatic heterocycles. The highest BCUT2D eigenvalue weighted by Crippen LogP contribution is 2.26. The Labute approximate surface area is 150 Å². The summed E-state index contributed by atoms with van der Waals surface area (Å²) in [6, 6.07) is 7.97. The molecule has 3 rings (SSSR count). The zero-order chi connectivity index (χ0) is 16.8. The van der Waals surface area contributed by atoms with Crippen molar-refractivity contribution < 1.29 is 4.79 Å². The second-order valence-corrected chi connectivity index (χ2v) is 7.43. The van der Waals surface area contributed by atoms with Crippen molar-refractivity contribution in [1.82, 2.24) is 10.2 Å². The van der Waals surface area contributed by atoms with Crippen LogP contribution in [0.1, 0.15) is 32.1 Å². The Hall–Kier alpha value is -1.26. The molecular weight excluding hydrogens is 322 g/mol. The lowest BCUT2D eigenvalue weighted by Crippen LogP contribution is -2.50. The van der Waals surface area contributed by atoms with Gasteiger partial charge in [0.25, 0.3) is 0 Å². The van der Waals surface area contributed by atoms with Crippen LogP contribution in [0.5, 0.6) is 0 Å². The summed E-state index contributed by atoms with van der Waals surface area (Å²) in [4.78, 5) is 16.7. The van der Waals surface area contributed by atoms with Crippen LogP contribution in [0.25, 0.3) is 0 Å². The van der Waals surface area contributed by atoms with Crippen LogP contribution in [0.2, 0.25) is 5.02 Å². The fourth-order valence-corrected chi connectivity index (χ4v) is 4.02. The molecule has 1 saturated carbocycles. The number of halogens is 1. The fourth-order valence-electron chi connectivity index (χ4n) is 3.76. The van der Waals surface area contributed by atoms with Gasteiger partial charge in [0.05, 0.1) is 17.3 Å². The minimum absolute atomic E-state index is 0.173. The lowest BCUT2D eigenvalue weighted by molar-refractivity contribution is -0.122. The van der Waals surface area contributed by atoms with Crippen molar-refractivity contribution >= 4 is 23.2 Å². The summed E-state index contributed by atoms with van der Waals surface area (Å²) in [7, 11) is 0. The van der Waals surface area contributed by atoms with Crippen molar-refractivity contribution in [3.8, 4) is 0 Å². The van der Waals surface area contributed by atoms with Gasteiger partial charge < -0.3 is 10.2 Å². The third-order valence-corrected chi connectivity index (χ3v) is 5.56. The summed E-state index contributed by atoms with van der Waals surface area (Å²) in [5, 5.41) is 3.94. The Morgan fingerprint density at radius 2 is 1.79 bits per heavy atom. The molecule has 1 heterocycles. The van der Waals surface area contributed by atoms with E-state index in [0.717, 1.165) is 43.4 Å². The number of anilines is 1. The van der Waals surface area contributed by atoms with Gasteiger partial charge in [-0.3, -0.25) is 9.69 Å². The molecule has 0 atom stereocenters. The van der Waals surface area contributed by atoms with Crippen LogP contribution < -0.4 is 10.2 Å². The Balaban J connectivity index is 1.38. The molecule has 1 aromatic rings. The van der Waals surface area contributed by atoms with Crippen molar-refractivity contribution in [3.05, 3.63) is 29.3 Å². The van der Waals surface area contributed by atoms with Crippen LogP contribution in [-0.2, 0) is 4.79 Å². The van der Waals surface area contributed by atoms with Gasteiger partial charge in [0.2, 0.25) is 5.91 Å². The third kappa shape index (κ3) is 4.87. The molecular formula is C19H28ClN3O. The molecule has 0 bridgehead atoms. The Morgan fingerprint density at radius 1 is 1.08 bits per heavy atom. The quantitative estimate of drug-likeness (QED) is 0.887. The van der Waals surface area contributed by atoms with E-state index in [1.165, 1.54) is 32.1 Å². The van der Waals surface area contributed by atoms with Gasteiger partial charge in [-0.2, -0.15) is 0 Å². The van der Waals surface area contributed by atoms with E-state index in [1.807, 2.05) is 18.2 Å². The van der Waals surface area contributed by atoms with Crippen LogP contribution in [0.15, 0.2) is 24.3 Å². The fraction of sp³-hybridized carbons (Fsp3) is 0.632. The van der Waals surface area contributed by atoms with Crippen LogP contribution in [0.3, 0.4) is 0 Å². The molecule has 2 aliphatic rings. The van der Waals surface area contributed by atoms with Crippen molar-refractivity contribution in [1.29, 1.82) is 0 Å². The Kier molecular flexibility index (Phi) is 6.38. The van der Waals surface area contributed by atoms with Crippen molar-refractivity contribution in [3.63, 3.8) is 0 Å². The number of benzene rings is 1. The molecule has 4 nitrogen and oxygen atoms in total. The maximum atomic E-state index is 12.2. The number of piperazine rings is 1. The number of nitrogens with one attached hydrogen (secondary N) is 1. The molecule has 0 spiro atoms. The maximum absolute atomic E-state index is 12.2. The standard InChI is InChI=1S/C19H28ClN3O/c20-17-8-4-5-9-18(17)23-12-10-22(11-13-23)15-19(24)21-14-16-6-2-1-3-7-16/h4-5,8-9,16H,1-3,6-7,10-15H2,(H,21,24). The zero-order valence-electron chi connectivity index (χ0n) is 14.3. The zero-order valence-corrected chi connectivity index (χ0v) is 15.1. The van der Waals surface area contributed by atoms with Crippen LogP contribution >= 0.6 is 11.6 Å². The van der Waals surface area contributed by atoms with Gasteiger partial charge in [-0.15, -0.1) is 0 Å². The monoisotopic (exact) mass is 349 g/mol. The second kappa shape index (κ2) is 8.72. The van der Waals surface area contributed by atoms with E-state index in [9.17, 15) is 4.79 Å². The summed E-state index contributed by atoms with van der Waals surface area (Å²) < 4.78 is 0. The molecule has 0 aromatic heterocycles. The summed E-state index contributed by atoms with van der Waals surface area (Å²) >= 11 is 6.27. The molecule has 2 fully saturated rings. The molecule has 0 unspecified atom stereocenters. The number of rotatable bonds is 5. The number of nitrogens with zero attached hydrogens (tertiary/aromatic N) is 2. The highest BCUT2D eigenvalue weighted by Gasteiger charge is 2.21.